The van der Waals surface area contributed by atoms with Crippen molar-refractivity contribution in [3.8, 4) is 5.82 Å². The monoisotopic (exact) mass is 343 g/mol. The number of rotatable bonds is 3. The maximum absolute atomic E-state index is 12.8. The van der Waals surface area contributed by atoms with Crippen LogP contribution in [0.2, 0.25) is 0 Å². The molecular weight excluding hydrogens is 322 g/mol. The molecular formula is C16H21N7O2. The summed E-state index contributed by atoms with van der Waals surface area (Å²) in [6.07, 6.45) is 6.50. The van der Waals surface area contributed by atoms with Gasteiger partial charge in [-0.25, -0.2) is 19.6 Å². The molecule has 2 aromatic rings. The van der Waals surface area contributed by atoms with Gasteiger partial charge in [0, 0.05) is 32.2 Å². The number of hydrogen-bond donors (Lipinski definition) is 0. The smallest absolute Gasteiger partial charge is 0.227 e. The number of amides is 1. The van der Waals surface area contributed by atoms with Gasteiger partial charge in [-0.2, -0.15) is 5.10 Å². The van der Waals surface area contributed by atoms with Gasteiger partial charge in [0.1, 0.15) is 24.8 Å². The number of carbonyl (C=O) groups is 1. The van der Waals surface area contributed by atoms with Gasteiger partial charge in [-0.1, -0.05) is 0 Å². The summed E-state index contributed by atoms with van der Waals surface area (Å²) in [6, 6.07) is 1.89. The Balaban J connectivity index is 1.47. The minimum Gasteiger partial charge on any atom is -0.378 e. The maximum atomic E-state index is 12.8. The van der Waals surface area contributed by atoms with Crippen LogP contribution in [0.25, 0.3) is 5.82 Å². The van der Waals surface area contributed by atoms with Gasteiger partial charge >= 0.3 is 0 Å². The highest BCUT2D eigenvalue weighted by molar-refractivity contribution is 5.79. The lowest BCUT2D eigenvalue weighted by atomic mass is 9.96. The lowest BCUT2D eigenvalue weighted by Gasteiger charge is -2.36. The van der Waals surface area contributed by atoms with Crippen molar-refractivity contribution in [3.63, 3.8) is 0 Å². The Kier molecular flexibility index (Phi) is 4.55. The van der Waals surface area contributed by atoms with E-state index < -0.39 is 0 Å². The predicted molar refractivity (Wildman–Crippen MR) is 89.3 cm³/mol. The van der Waals surface area contributed by atoms with Crippen LogP contribution in [0.3, 0.4) is 0 Å². The molecule has 2 aromatic heterocycles. The Bertz CT molecular complexity index is 715. The van der Waals surface area contributed by atoms with Crippen molar-refractivity contribution in [2.45, 2.75) is 12.8 Å². The summed E-state index contributed by atoms with van der Waals surface area (Å²) >= 11 is 0. The van der Waals surface area contributed by atoms with Crippen LogP contribution in [0, 0.1) is 5.92 Å². The largest absolute Gasteiger partial charge is 0.378 e. The van der Waals surface area contributed by atoms with Crippen LogP contribution in [-0.2, 0) is 9.53 Å². The van der Waals surface area contributed by atoms with E-state index in [2.05, 4.69) is 25.0 Å². The number of nitrogens with zero attached hydrogens (tertiary/aromatic N) is 7. The molecule has 4 rings (SSSR count). The van der Waals surface area contributed by atoms with E-state index in [0.29, 0.717) is 38.7 Å². The Morgan fingerprint density at radius 1 is 1.12 bits per heavy atom. The Morgan fingerprint density at radius 3 is 2.76 bits per heavy atom. The third-order valence-corrected chi connectivity index (χ3v) is 4.71. The number of ether oxygens (including phenoxy) is 1. The zero-order valence-corrected chi connectivity index (χ0v) is 14.0. The van der Waals surface area contributed by atoms with Crippen molar-refractivity contribution in [1.82, 2.24) is 29.6 Å². The Hall–Kier alpha value is -2.55. The van der Waals surface area contributed by atoms with Crippen molar-refractivity contribution in [2.24, 2.45) is 5.92 Å². The van der Waals surface area contributed by atoms with E-state index in [9.17, 15) is 4.79 Å². The first kappa shape index (κ1) is 15.9. The molecule has 9 heteroatoms. The first-order valence-electron chi connectivity index (χ1n) is 8.60. The van der Waals surface area contributed by atoms with Crippen LogP contribution in [0.15, 0.2) is 25.0 Å². The SMILES string of the molecule is O=C(C1CCCN(c2cc(-n3cncn3)ncn2)C1)N1CCOCC1. The maximum Gasteiger partial charge on any atom is 0.227 e. The van der Waals surface area contributed by atoms with E-state index in [4.69, 9.17) is 4.74 Å². The molecule has 132 valence electrons. The number of carbonyl (C=O) groups excluding carboxylic acids is 1. The minimum atomic E-state index is 0.0108. The van der Waals surface area contributed by atoms with Gasteiger partial charge in [0.15, 0.2) is 5.82 Å². The fourth-order valence-corrected chi connectivity index (χ4v) is 3.39. The molecule has 25 heavy (non-hydrogen) atoms. The molecule has 0 saturated carbocycles. The van der Waals surface area contributed by atoms with E-state index in [-0.39, 0.29) is 11.8 Å². The molecule has 0 bridgehead atoms. The standard InChI is InChI=1S/C16H21N7O2/c24-16(21-4-6-25-7-5-21)13-2-1-3-22(9-13)14-8-15(19-11-18-14)23-12-17-10-20-23/h8,10-13H,1-7,9H2. The summed E-state index contributed by atoms with van der Waals surface area (Å²) in [5, 5.41) is 4.10. The Morgan fingerprint density at radius 2 is 1.96 bits per heavy atom. The van der Waals surface area contributed by atoms with E-state index in [1.165, 1.54) is 12.7 Å². The van der Waals surface area contributed by atoms with Gasteiger partial charge in [0.25, 0.3) is 0 Å². The predicted octanol–water partition coefficient (Wildman–Crippen LogP) is 0.133. The highest BCUT2D eigenvalue weighted by Crippen LogP contribution is 2.24. The van der Waals surface area contributed by atoms with Crippen molar-refractivity contribution in [1.29, 1.82) is 0 Å². The lowest BCUT2D eigenvalue weighted by molar-refractivity contribution is -0.139. The summed E-state index contributed by atoms with van der Waals surface area (Å²) in [5.41, 5.74) is 0. The summed E-state index contributed by atoms with van der Waals surface area (Å²) < 4.78 is 6.94. The van der Waals surface area contributed by atoms with E-state index in [1.807, 2.05) is 11.0 Å². The van der Waals surface area contributed by atoms with Gasteiger partial charge in [-0.05, 0) is 12.8 Å². The highest BCUT2D eigenvalue weighted by Gasteiger charge is 2.30. The minimum absolute atomic E-state index is 0.0108. The molecule has 0 aliphatic carbocycles. The summed E-state index contributed by atoms with van der Waals surface area (Å²) in [7, 11) is 0. The van der Waals surface area contributed by atoms with Crippen molar-refractivity contribution in [3.05, 3.63) is 25.0 Å². The molecule has 2 fully saturated rings. The molecule has 0 aromatic carbocycles. The van der Waals surface area contributed by atoms with Gasteiger partial charge in [0.05, 0.1) is 19.1 Å². The molecule has 1 atom stereocenters. The van der Waals surface area contributed by atoms with E-state index >= 15 is 0 Å². The van der Waals surface area contributed by atoms with Crippen molar-refractivity contribution in [2.75, 3.05) is 44.3 Å². The van der Waals surface area contributed by atoms with E-state index in [0.717, 1.165) is 25.2 Å². The second-order valence-corrected chi connectivity index (χ2v) is 6.30. The molecule has 0 radical (unpaired) electrons. The quantitative estimate of drug-likeness (QED) is 0.783. The van der Waals surface area contributed by atoms with Crippen molar-refractivity contribution < 1.29 is 9.53 Å². The summed E-state index contributed by atoms with van der Waals surface area (Å²) in [6.45, 7) is 4.23. The zero-order valence-electron chi connectivity index (χ0n) is 14.0. The molecule has 2 aliphatic rings. The van der Waals surface area contributed by atoms with Gasteiger partial charge in [-0.3, -0.25) is 4.79 Å². The molecule has 2 aliphatic heterocycles. The molecule has 1 unspecified atom stereocenters. The average molecular weight is 343 g/mol. The number of aromatic nitrogens is 5. The molecule has 4 heterocycles. The second-order valence-electron chi connectivity index (χ2n) is 6.30. The van der Waals surface area contributed by atoms with Crippen LogP contribution >= 0.6 is 0 Å². The van der Waals surface area contributed by atoms with E-state index in [1.54, 1.807) is 11.0 Å². The topological polar surface area (TPSA) is 89.3 Å². The second kappa shape index (κ2) is 7.14. The van der Waals surface area contributed by atoms with Gasteiger partial charge in [0.2, 0.25) is 5.91 Å². The van der Waals surface area contributed by atoms with Crippen LogP contribution in [0.1, 0.15) is 12.8 Å². The molecule has 2 saturated heterocycles. The fraction of sp³-hybridized carbons (Fsp3) is 0.562. The third kappa shape index (κ3) is 3.46. The van der Waals surface area contributed by atoms with Crippen LogP contribution in [0.5, 0.6) is 0 Å². The molecule has 0 spiro atoms. The number of anilines is 1. The normalized spacial score (nSPS) is 21.4. The van der Waals surface area contributed by atoms with Crippen molar-refractivity contribution >= 4 is 11.7 Å². The summed E-state index contributed by atoms with van der Waals surface area (Å²) in [5.74, 6) is 1.74. The average Bonchev–Trinajstić information content (AvgIpc) is 3.23. The number of hydrogen-bond acceptors (Lipinski definition) is 7. The fourth-order valence-electron chi connectivity index (χ4n) is 3.39. The molecule has 9 nitrogen and oxygen atoms in total. The highest BCUT2D eigenvalue weighted by atomic mass is 16.5. The van der Waals surface area contributed by atoms with Crippen LogP contribution in [0.4, 0.5) is 5.82 Å². The molecule has 0 N–H and O–H groups in total. The third-order valence-electron chi connectivity index (χ3n) is 4.71. The zero-order chi connectivity index (χ0) is 17.1. The number of piperidine rings is 1. The van der Waals surface area contributed by atoms with Crippen LogP contribution < -0.4 is 4.90 Å². The van der Waals surface area contributed by atoms with Crippen LogP contribution in [-0.4, -0.2) is 74.9 Å². The Labute approximate surface area is 145 Å². The summed E-state index contributed by atoms with van der Waals surface area (Å²) in [4.78, 5) is 29.4. The first-order valence-corrected chi connectivity index (χ1v) is 8.60. The van der Waals surface area contributed by atoms with Gasteiger partial charge < -0.3 is 14.5 Å². The van der Waals surface area contributed by atoms with Gasteiger partial charge in [-0.15, -0.1) is 0 Å². The first-order chi connectivity index (χ1) is 12.3. The molecule has 1 amide bonds. The lowest BCUT2D eigenvalue weighted by Crippen LogP contribution is -2.48. The number of morpholine rings is 1.